The summed E-state index contributed by atoms with van der Waals surface area (Å²) in [4.78, 5) is 2.44. The molecule has 0 aromatic carbocycles. The van der Waals surface area contributed by atoms with E-state index in [0.717, 1.165) is 12.6 Å². The molecule has 0 aromatic rings. The Morgan fingerprint density at radius 3 is 2.82 bits per heavy atom. The van der Waals surface area contributed by atoms with Gasteiger partial charge in [0.15, 0.2) is 0 Å². The van der Waals surface area contributed by atoms with Crippen molar-refractivity contribution in [2.75, 3.05) is 20.1 Å². The van der Waals surface area contributed by atoms with Crippen LogP contribution in [0.3, 0.4) is 0 Å². The second kappa shape index (κ2) is 4.07. The van der Waals surface area contributed by atoms with Gasteiger partial charge < -0.3 is 10.2 Å². The van der Waals surface area contributed by atoms with Crippen LogP contribution in [0.5, 0.6) is 0 Å². The SMILES string of the molecule is CCCC1CN(C)C(C)CN1. The standard InChI is InChI=1S/C9H20N2/c1-4-5-9-7-11(3)8(2)6-10-9/h8-10H,4-7H2,1-3H3. The maximum absolute atomic E-state index is 3.56. The highest BCUT2D eigenvalue weighted by Gasteiger charge is 2.20. The van der Waals surface area contributed by atoms with Crippen LogP contribution in [-0.4, -0.2) is 37.1 Å². The van der Waals surface area contributed by atoms with Crippen LogP contribution in [0, 0.1) is 0 Å². The van der Waals surface area contributed by atoms with Crippen molar-refractivity contribution < 1.29 is 0 Å². The van der Waals surface area contributed by atoms with E-state index in [0.29, 0.717) is 6.04 Å². The summed E-state index contributed by atoms with van der Waals surface area (Å²) in [6, 6.07) is 1.45. The van der Waals surface area contributed by atoms with E-state index in [9.17, 15) is 0 Å². The van der Waals surface area contributed by atoms with Gasteiger partial charge in [-0.2, -0.15) is 0 Å². The van der Waals surface area contributed by atoms with Crippen molar-refractivity contribution in [2.45, 2.75) is 38.8 Å². The quantitative estimate of drug-likeness (QED) is 0.643. The fourth-order valence-electron chi connectivity index (χ4n) is 1.63. The minimum atomic E-state index is 0.711. The Morgan fingerprint density at radius 2 is 2.27 bits per heavy atom. The highest BCUT2D eigenvalue weighted by molar-refractivity contribution is 4.81. The van der Waals surface area contributed by atoms with Crippen molar-refractivity contribution in [2.24, 2.45) is 0 Å². The van der Waals surface area contributed by atoms with Crippen molar-refractivity contribution >= 4 is 0 Å². The normalized spacial score (nSPS) is 34.1. The van der Waals surface area contributed by atoms with E-state index in [1.807, 2.05) is 0 Å². The molecule has 1 saturated heterocycles. The first-order chi connectivity index (χ1) is 5.24. The van der Waals surface area contributed by atoms with Crippen LogP contribution in [0.25, 0.3) is 0 Å². The Balaban J connectivity index is 2.28. The molecular weight excluding hydrogens is 136 g/mol. The number of hydrogen-bond donors (Lipinski definition) is 1. The summed E-state index contributed by atoms with van der Waals surface area (Å²) in [5, 5.41) is 3.56. The third-order valence-corrected chi connectivity index (χ3v) is 2.60. The van der Waals surface area contributed by atoms with Crippen LogP contribution < -0.4 is 5.32 Å². The van der Waals surface area contributed by atoms with Crippen molar-refractivity contribution in [3.05, 3.63) is 0 Å². The number of rotatable bonds is 2. The molecule has 2 atom stereocenters. The zero-order chi connectivity index (χ0) is 8.27. The average Bonchev–Trinajstić information content (AvgIpc) is 1.98. The molecule has 0 aliphatic carbocycles. The van der Waals surface area contributed by atoms with Crippen molar-refractivity contribution in [1.82, 2.24) is 10.2 Å². The molecule has 11 heavy (non-hydrogen) atoms. The van der Waals surface area contributed by atoms with Gasteiger partial charge in [0.25, 0.3) is 0 Å². The van der Waals surface area contributed by atoms with E-state index in [-0.39, 0.29) is 0 Å². The fourth-order valence-corrected chi connectivity index (χ4v) is 1.63. The van der Waals surface area contributed by atoms with Crippen molar-refractivity contribution in [1.29, 1.82) is 0 Å². The van der Waals surface area contributed by atoms with Gasteiger partial charge in [-0.1, -0.05) is 13.3 Å². The predicted octanol–water partition coefficient (Wildman–Crippen LogP) is 1.08. The minimum Gasteiger partial charge on any atom is -0.311 e. The van der Waals surface area contributed by atoms with Crippen molar-refractivity contribution in [3.8, 4) is 0 Å². The zero-order valence-corrected chi connectivity index (χ0v) is 7.93. The molecule has 0 spiro atoms. The Bertz CT molecular complexity index is 114. The Hall–Kier alpha value is -0.0800. The molecule has 0 radical (unpaired) electrons. The lowest BCUT2D eigenvalue weighted by Gasteiger charge is -2.36. The number of nitrogens with one attached hydrogen (secondary N) is 1. The number of likely N-dealkylation sites (N-methyl/N-ethyl adjacent to an activating group) is 1. The first kappa shape index (κ1) is 9.01. The monoisotopic (exact) mass is 156 g/mol. The lowest BCUT2D eigenvalue weighted by molar-refractivity contribution is 0.170. The molecule has 2 heteroatoms. The van der Waals surface area contributed by atoms with Crippen LogP contribution in [-0.2, 0) is 0 Å². The van der Waals surface area contributed by atoms with Crippen LogP contribution in [0.15, 0.2) is 0 Å². The molecule has 1 rings (SSSR count). The van der Waals surface area contributed by atoms with E-state index in [4.69, 9.17) is 0 Å². The zero-order valence-electron chi connectivity index (χ0n) is 7.93. The molecular formula is C9H20N2. The third-order valence-electron chi connectivity index (χ3n) is 2.60. The Labute approximate surface area is 70.0 Å². The molecule has 66 valence electrons. The summed E-state index contributed by atoms with van der Waals surface area (Å²) in [5.74, 6) is 0. The largest absolute Gasteiger partial charge is 0.311 e. The summed E-state index contributed by atoms with van der Waals surface area (Å²) >= 11 is 0. The van der Waals surface area contributed by atoms with E-state index in [2.05, 4.69) is 31.1 Å². The molecule has 1 N–H and O–H groups in total. The summed E-state index contributed by atoms with van der Waals surface area (Å²) < 4.78 is 0. The highest BCUT2D eigenvalue weighted by atomic mass is 15.2. The second-order valence-electron chi connectivity index (χ2n) is 3.68. The summed E-state index contributed by atoms with van der Waals surface area (Å²) in [6.45, 7) is 6.89. The van der Waals surface area contributed by atoms with Crippen LogP contribution in [0.4, 0.5) is 0 Å². The molecule has 0 aromatic heterocycles. The third kappa shape index (κ3) is 2.46. The van der Waals surface area contributed by atoms with Crippen LogP contribution in [0.2, 0.25) is 0 Å². The van der Waals surface area contributed by atoms with Gasteiger partial charge >= 0.3 is 0 Å². The van der Waals surface area contributed by atoms with Gasteiger partial charge in [-0.3, -0.25) is 0 Å². The second-order valence-corrected chi connectivity index (χ2v) is 3.68. The van der Waals surface area contributed by atoms with Crippen LogP contribution in [0.1, 0.15) is 26.7 Å². The van der Waals surface area contributed by atoms with Gasteiger partial charge in [-0.25, -0.2) is 0 Å². The van der Waals surface area contributed by atoms with Gasteiger partial charge in [0.1, 0.15) is 0 Å². The van der Waals surface area contributed by atoms with Gasteiger partial charge in [-0.05, 0) is 20.4 Å². The summed E-state index contributed by atoms with van der Waals surface area (Å²) in [7, 11) is 2.22. The minimum absolute atomic E-state index is 0.711. The van der Waals surface area contributed by atoms with E-state index in [1.54, 1.807) is 0 Å². The Kier molecular flexibility index (Phi) is 3.34. The fraction of sp³-hybridized carbons (Fsp3) is 1.00. The summed E-state index contributed by atoms with van der Waals surface area (Å²) in [6.07, 6.45) is 2.61. The molecule has 0 bridgehead atoms. The Morgan fingerprint density at radius 1 is 1.55 bits per heavy atom. The number of nitrogens with zero attached hydrogens (tertiary/aromatic N) is 1. The maximum Gasteiger partial charge on any atom is 0.0195 e. The molecule has 1 heterocycles. The number of hydrogen-bond acceptors (Lipinski definition) is 2. The molecule has 1 aliphatic heterocycles. The lowest BCUT2D eigenvalue weighted by atomic mass is 10.1. The molecule has 2 nitrogen and oxygen atoms in total. The predicted molar refractivity (Wildman–Crippen MR) is 48.8 cm³/mol. The van der Waals surface area contributed by atoms with Crippen LogP contribution >= 0.6 is 0 Å². The van der Waals surface area contributed by atoms with E-state index in [1.165, 1.54) is 19.4 Å². The highest BCUT2D eigenvalue weighted by Crippen LogP contribution is 2.07. The topological polar surface area (TPSA) is 15.3 Å². The smallest absolute Gasteiger partial charge is 0.0195 e. The first-order valence-electron chi connectivity index (χ1n) is 4.67. The van der Waals surface area contributed by atoms with E-state index < -0.39 is 0 Å². The van der Waals surface area contributed by atoms with Crippen molar-refractivity contribution in [3.63, 3.8) is 0 Å². The molecule has 1 fully saturated rings. The number of piperazine rings is 1. The van der Waals surface area contributed by atoms with E-state index >= 15 is 0 Å². The lowest BCUT2D eigenvalue weighted by Crippen LogP contribution is -2.53. The molecule has 2 unspecified atom stereocenters. The van der Waals surface area contributed by atoms with Gasteiger partial charge in [0, 0.05) is 25.2 Å². The first-order valence-corrected chi connectivity index (χ1v) is 4.67. The maximum atomic E-state index is 3.56. The molecule has 0 amide bonds. The van der Waals surface area contributed by atoms with Gasteiger partial charge in [-0.15, -0.1) is 0 Å². The van der Waals surface area contributed by atoms with Gasteiger partial charge in [0.05, 0.1) is 0 Å². The molecule has 1 aliphatic rings. The summed E-state index contributed by atoms with van der Waals surface area (Å²) in [5.41, 5.74) is 0. The van der Waals surface area contributed by atoms with Gasteiger partial charge in [0.2, 0.25) is 0 Å². The molecule has 0 saturated carbocycles. The average molecular weight is 156 g/mol.